The highest BCUT2D eigenvalue weighted by Gasteiger charge is 2.33. The van der Waals surface area contributed by atoms with Crippen LogP contribution >= 0.6 is 0 Å². The number of esters is 1. The van der Waals surface area contributed by atoms with Gasteiger partial charge in [0.2, 0.25) is 0 Å². The molecule has 0 atom stereocenters. The van der Waals surface area contributed by atoms with Crippen LogP contribution in [0.3, 0.4) is 0 Å². The number of carbonyl (C=O) groups is 1. The van der Waals surface area contributed by atoms with Crippen LogP contribution in [0.1, 0.15) is 35.6 Å². The number of hydrogen-bond acceptors (Lipinski definition) is 3. The van der Waals surface area contributed by atoms with Crippen molar-refractivity contribution in [3.05, 3.63) is 34.4 Å². The first-order valence-corrected chi connectivity index (χ1v) is 5.78. The third kappa shape index (κ3) is 4.15. The van der Waals surface area contributed by atoms with Gasteiger partial charge in [-0.15, -0.1) is 0 Å². The van der Waals surface area contributed by atoms with E-state index in [9.17, 15) is 26.7 Å². The molecule has 21 heavy (non-hydrogen) atoms. The van der Waals surface area contributed by atoms with E-state index in [1.165, 1.54) is 13.0 Å². The second-order valence-corrected chi connectivity index (χ2v) is 3.99. The maximum absolute atomic E-state index is 12.8. The van der Waals surface area contributed by atoms with Gasteiger partial charge >= 0.3 is 12.1 Å². The molecule has 0 N–H and O–H groups in total. The number of hydrogen-bond donors (Lipinski definition) is 0. The fraction of sp³-hybridized carbons (Fsp3) is 0.385. The summed E-state index contributed by atoms with van der Waals surface area (Å²) in [5.41, 5.74) is -3.45. The van der Waals surface area contributed by atoms with Crippen molar-refractivity contribution in [3.63, 3.8) is 0 Å². The van der Waals surface area contributed by atoms with Gasteiger partial charge in [-0.3, -0.25) is 4.79 Å². The zero-order valence-corrected chi connectivity index (χ0v) is 10.8. The standard InChI is InChI=1S/C13H10F5NO2/c1-2-21-11(20)4-7-3-8(13(16,17)18)5-9(12(14)15)10(7)6-19/h3,5,12H,2,4H2,1H3. The van der Waals surface area contributed by atoms with E-state index < -0.39 is 47.2 Å². The lowest BCUT2D eigenvalue weighted by Gasteiger charge is -2.14. The van der Waals surface area contributed by atoms with Crippen LogP contribution in [0.2, 0.25) is 0 Å². The number of nitriles is 1. The summed E-state index contributed by atoms with van der Waals surface area (Å²) in [6.45, 7) is 1.47. The molecule has 0 spiro atoms. The average Bonchev–Trinajstić information content (AvgIpc) is 2.36. The minimum atomic E-state index is -4.86. The van der Waals surface area contributed by atoms with Crippen molar-refractivity contribution in [2.24, 2.45) is 0 Å². The minimum Gasteiger partial charge on any atom is -0.466 e. The molecule has 0 radical (unpaired) electrons. The fourth-order valence-corrected chi connectivity index (χ4v) is 1.71. The van der Waals surface area contributed by atoms with Crippen molar-refractivity contribution in [1.82, 2.24) is 0 Å². The summed E-state index contributed by atoms with van der Waals surface area (Å²) >= 11 is 0. The van der Waals surface area contributed by atoms with E-state index in [1.54, 1.807) is 0 Å². The fourth-order valence-electron chi connectivity index (χ4n) is 1.71. The SMILES string of the molecule is CCOC(=O)Cc1cc(C(F)(F)F)cc(C(F)F)c1C#N. The first kappa shape index (κ1) is 16.9. The third-order valence-corrected chi connectivity index (χ3v) is 2.56. The van der Waals surface area contributed by atoms with Gasteiger partial charge in [0.05, 0.1) is 30.2 Å². The Morgan fingerprint density at radius 1 is 1.38 bits per heavy atom. The first-order chi connectivity index (χ1) is 9.70. The summed E-state index contributed by atoms with van der Waals surface area (Å²) in [5, 5.41) is 8.87. The maximum Gasteiger partial charge on any atom is 0.416 e. The molecule has 0 unspecified atom stereocenters. The lowest BCUT2D eigenvalue weighted by molar-refractivity contribution is -0.142. The van der Waals surface area contributed by atoms with Gasteiger partial charge in [-0.25, -0.2) is 8.78 Å². The number of benzene rings is 1. The highest BCUT2D eigenvalue weighted by molar-refractivity contribution is 5.74. The van der Waals surface area contributed by atoms with Gasteiger partial charge < -0.3 is 4.74 Å². The zero-order chi connectivity index (χ0) is 16.2. The van der Waals surface area contributed by atoms with Crippen molar-refractivity contribution in [3.8, 4) is 6.07 Å². The smallest absolute Gasteiger partial charge is 0.416 e. The van der Waals surface area contributed by atoms with Gasteiger partial charge in [0.1, 0.15) is 0 Å². The van der Waals surface area contributed by atoms with Crippen molar-refractivity contribution in [1.29, 1.82) is 5.26 Å². The van der Waals surface area contributed by atoms with Crippen molar-refractivity contribution in [2.45, 2.75) is 25.9 Å². The predicted molar refractivity (Wildman–Crippen MR) is 61.5 cm³/mol. The summed E-state index contributed by atoms with van der Waals surface area (Å²) in [6.07, 6.45) is -8.80. The van der Waals surface area contributed by atoms with Crippen molar-refractivity contribution in [2.75, 3.05) is 6.61 Å². The number of ether oxygens (including phenoxy) is 1. The molecule has 0 fully saturated rings. The Morgan fingerprint density at radius 2 is 2.00 bits per heavy atom. The monoisotopic (exact) mass is 307 g/mol. The van der Waals surface area contributed by atoms with E-state index in [2.05, 4.69) is 4.74 Å². The number of alkyl halides is 5. The van der Waals surface area contributed by atoms with E-state index in [0.717, 1.165) is 0 Å². The molecule has 8 heteroatoms. The molecule has 0 saturated carbocycles. The molecule has 0 bridgehead atoms. The van der Waals surface area contributed by atoms with E-state index in [-0.39, 0.29) is 12.7 Å². The second-order valence-electron chi connectivity index (χ2n) is 3.99. The van der Waals surface area contributed by atoms with Gasteiger partial charge in [0, 0.05) is 5.56 Å². The van der Waals surface area contributed by atoms with Crippen LogP contribution in [0.25, 0.3) is 0 Å². The molecule has 1 rings (SSSR count). The van der Waals surface area contributed by atoms with Crippen LogP contribution in [0.5, 0.6) is 0 Å². The second kappa shape index (κ2) is 6.52. The van der Waals surface area contributed by atoms with Crippen LogP contribution in [-0.4, -0.2) is 12.6 Å². The van der Waals surface area contributed by atoms with E-state index in [4.69, 9.17) is 5.26 Å². The molecule has 0 aliphatic rings. The Hall–Kier alpha value is -2.17. The van der Waals surface area contributed by atoms with E-state index >= 15 is 0 Å². The summed E-state index contributed by atoms with van der Waals surface area (Å²) in [5.74, 6) is -0.895. The largest absolute Gasteiger partial charge is 0.466 e. The summed E-state index contributed by atoms with van der Waals surface area (Å²) < 4.78 is 68.2. The zero-order valence-electron chi connectivity index (χ0n) is 10.8. The molecule has 0 aromatic heterocycles. The summed E-state index contributed by atoms with van der Waals surface area (Å²) in [4.78, 5) is 11.3. The van der Waals surface area contributed by atoms with Crippen molar-refractivity contribution >= 4 is 5.97 Å². The van der Waals surface area contributed by atoms with Crippen LogP contribution in [0.15, 0.2) is 12.1 Å². The summed E-state index contributed by atoms with van der Waals surface area (Å²) in [6, 6.07) is 2.15. The molecule has 114 valence electrons. The average molecular weight is 307 g/mol. The predicted octanol–water partition coefficient (Wildman–Crippen LogP) is 3.62. The van der Waals surface area contributed by atoms with Crippen LogP contribution in [0.4, 0.5) is 22.0 Å². The quantitative estimate of drug-likeness (QED) is 0.630. The summed E-state index contributed by atoms with van der Waals surface area (Å²) in [7, 11) is 0. The van der Waals surface area contributed by atoms with Crippen LogP contribution in [0, 0.1) is 11.3 Å². The molecular weight excluding hydrogens is 297 g/mol. The van der Waals surface area contributed by atoms with Gasteiger partial charge in [-0.05, 0) is 24.6 Å². The number of halogens is 5. The van der Waals surface area contributed by atoms with E-state index in [1.807, 2.05) is 0 Å². The molecule has 0 aliphatic carbocycles. The number of rotatable bonds is 4. The Bertz CT molecular complexity index is 575. The Labute approximate surface area is 116 Å². The Morgan fingerprint density at radius 3 is 2.43 bits per heavy atom. The normalized spacial score (nSPS) is 11.3. The van der Waals surface area contributed by atoms with Gasteiger partial charge in [0.15, 0.2) is 0 Å². The van der Waals surface area contributed by atoms with Gasteiger partial charge in [0.25, 0.3) is 6.43 Å². The molecule has 1 aromatic carbocycles. The maximum atomic E-state index is 12.8. The molecule has 3 nitrogen and oxygen atoms in total. The number of nitrogens with zero attached hydrogens (tertiary/aromatic N) is 1. The molecule has 0 amide bonds. The lowest BCUT2D eigenvalue weighted by Crippen LogP contribution is -2.13. The first-order valence-electron chi connectivity index (χ1n) is 5.78. The van der Waals surface area contributed by atoms with E-state index in [0.29, 0.717) is 6.07 Å². The van der Waals surface area contributed by atoms with Crippen LogP contribution in [-0.2, 0) is 22.1 Å². The minimum absolute atomic E-state index is 0.0125. The molecule has 0 heterocycles. The highest BCUT2D eigenvalue weighted by Crippen LogP contribution is 2.35. The molecular formula is C13H10F5NO2. The van der Waals surface area contributed by atoms with Crippen molar-refractivity contribution < 1.29 is 31.5 Å². The number of carbonyl (C=O) groups excluding carboxylic acids is 1. The topological polar surface area (TPSA) is 50.1 Å². The molecule has 1 aromatic rings. The Kier molecular flexibility index (Phi) is 5.24. The molecule has 0 aliphatic heterocycles. The van der Waals surface area contributed by atoms with Crippen LogP contribution < -0.4 is 0 Å². The van der Waals surface area contributed by atoms with Gasteiger partial charge in [-0.2, -0.15) is 18.4 Å². The van der Waals surface area contributed by atoms with Gasteiger partial charge in [-0.1, -0.05) is 0 Å². The lowest BCUT2D eigenvalue weighted by atomic mass is 9.96. The highest BCUT2D eigenvalue weighted by atomic mass is 19.4. The Balaban J connectivity index is 3.42. The third-order valence-electron chi connectivity index (χ3n) is 2.56. The molecule has 0 saturated heterocycles.